The molecule has 0 fully saturated rings. The van der Waals surface area contributed by atoms with Crippen LogP contribution in [-0.2, 0) is 13.0 Å². The molecule has 0 saturated carbocycles. The molecule has 2 heterocycles. The maximum Gasteiger partial charge on any atom is 0.131 e. The molecule has 16 heavy (non-hydrogen) atoms. The molecule has 0 spiro atoms. The van der Waals surface area contributed by atoms with E-state index in [0.29, 0.717) is 5.92 Å². The lowest BCUT2D eigenvalue weighted by Crippen LogP contribution is -2.31. The highest BCUT2D eigenvalue weighted by Gasteiger charge is 2.18. The van der Waals surface area contributed by atoms with Gasteiger partial charge in [-0.3, -0.25) is 4.90 Å². The first-order valence-corrected chi connectivity index (χ1v) is 6.31. The minimum Gasteiger partial charge on any atom is -0.297 e. The van der Waals surface area contributed by atoms with E-state index in [0.717, 1.165) is 38.3 Å². The van der Waals surface area contributed by atoms with Gasteiger partial charge in [0.1, 0.15) is 5.82 Å². The fourth-order valence-corrected chi connectivity index (χ4v) is 2.06. The van der Waals surface area contributed by atoms with Crippen molar-refractivity contribution >= 4 is 0 Å². The molecule has 2 rings (SSSR count). The first-order chi connectivity index (χ1) is 7.74. The Bertz CT molecular complexity index is 362. The van der Waals surface area contributed by atoms with Crippen LogP contribution >= 0.6 is 0 Å². The summed E-state index contributed by atoms with van der Waals surface area (Å²) in [6, 6.07) is 0. The van der Waals surface area contributed by atoms with Gasteiger partial charge in [0.05, 0.1) is 5.69 Å². The van der Waals surface area contributed by atoms with E-state index in [1.165, 1.54) is 11.3 Å². The highest BCUT2D eigenvalue weighted by Crippen LogP contribution is 2.20. The SMILES string of the molecule is CCC(C)c1ncc2c(n1)CN(CC)CC2. The van der Waals surface area contributed by atoms with Gasteiger partial charge in [0.2, 0.25) is 0 Å². The minimum atomic E-state index is 0.474. The summed E-state index contributed by atoms with van der Waals surface area (Å²) in [5.41, 5.74) is 2.59. The van der Waals surface area contributed by atoms with Crippen molar-refractivity contribution in [1.82, 2.24) is 14.9 Å². The van der Waals surface area contributed by atoms with Gasteiger partial charge < -0.3 is 0 Å². The van der Waals surface area contributed by atoms with E-state index >= 15 is 0 Å². The van der Waals surface area contributed by atoms with Crippen LogP contribution in [0.15, 0.2) is 6.20 Å². The summed E-state index contributed by atoms with van der Waals surface area (Å²) in [7, 11) is 0. The number of aromatic nitrogens is 2. The van der Waals surface area contributed by atoms with Crippen molar-refractivity contribution in [1.29, 1.82) is 0 Å². The van der Waals surface area contributed by atoms with Crippen LogP contribution < -0.4 is 0 Å². The Morgan fingerprint density at radius 3 is 2.94 bits per heavy atom. The normalized spacial score (nSPS) is 18.2. The van der Waals surface area contributed by atoms with Gasteiger partial charge in [-0.25, -0.2) is 9.97 Å². The van der Waals surface area contributed by atoms with Crippen molar-refractivity contribution in [3.8, 4) is 0 Å². The molecule has 0 saturated heterocycles. The van der Waals surface area contributed by atoms with Crippen molar-refractivity contribution in [3.05, 3.63) is 23.3 Å². The molecule has 3 nitrogen and oxygen atoms in total. The Morgan fingerprint density at radius 1 is 1.44 bits per heavy atom. The molecule has 0 radical (unpaired) electrons. The zero-order chi connectivity index (χ0) is 11.5. The molecule has 1 unspecified atom stereocenters. The van der Waals surface area contributed by atoms with E-state index < -0.39 is 0 Å². The number of hydrogen-bond donors (Lipinski definition) is 0. The van der Waals surface area contributed by atoms with Crippen LogP contribution in [0.2, 0.25) is 0 Å². The second-order valence-electron chi connectivity index (χ2n) is 4.63. The van der Waals surface area contributed by atoms with Crippen LogP contribution in [0, 0.1) is 0 Å². The third kappa shape index (κ3) is 2.24. The fourth-order valence-electron chi connectivity index (χ4n) is 2.06. The highest BCUT2D eigenvalue weighted by molar-refractivity contribution is 5.21. The number of nitrogens with zero attached hydrogens (tertiary/aromatic N) is 3. The fraction of sp³-hybridized carbons (Fsp3) is 0.692. The number of likely N-dealkylation sites (N-methyl/N-ethyl adjacent to an activating group) is 1. The Labute approximate surface area is 97.9 Å². The summed E-state index contributed by atoms with van der Waals surface area (Å²) in [6.07, 6.45) is 4.25. The van der Waals surface area contributed by atoms with Crippen molar-refractivity contribution in [2.75, 3.05) is 13.1 Å². The summed E-state index contributed by atoms with van der Waals surface area (Å²) < 4.78 is 0. The zero-order valence-corrected chi connectivity index (χ0v) is 10.5. The highest BCUT2D eigenvalue weighted by atomic mass is 15.1. The first kappa shape index (κ1) is 11.5. The smallest absolute Gasteiger partial charge is 0.131 e. The Hall–Kier alpha value is -0.960. The van der Waals surface area contributed by atoms with E-state index in [4.69, 9.17) is 4.98 Å². The predicted octanol–water partition coefficient (Wildman–Crippen LogP) is 2.37. The van der Waals surface area contributed by atoms with Gasteiger partial charge in [-0.2, -0.15) is 0 Å². The van der Waals surface area contributed by atoms with E-state index in [2.05, 4.69) is 30.7 Å². The molecule has 3 heteroatoms. The van der Waals surface area contributed by atoms with Gasteiger partial charge in [-0.1, -0.05) is 20.8 Å². The molecule has 0 bridgehead atoms. The van der Waals surface area contributed by atoms with Gasteiger partial charge in [-0.15, -0.1) is 0 Å². The molecule has 0 amide bonds. The van der Waals surface area contributed by atoms with E-state index in [-0.39, 0.29) is 0 Å². The second-order valence-corrected chi connectivity index (χ2v) is 4.63. The van der Waals surface area contributed by atoms with Crippen LogP contribution in [0.1, 0.15) is 50.2 Å². The van der Waals surface area contributed by atoms with E-state index in [1.54, 1.807) is 0 Å². The van der Waals surface area contributed by atoms with Crippen molar-refractivity contribution in [2.45, 2.75) is 46.1 Å². The summed E-state index contributed by atoms with van der Waals surface area (Å²) in [6.45, 7) is 9.85. The van der Waals surface area contributed by atoms with Crippen LogP contribution in [0.4, 0.5) is 0 Å². The quantitative estimate of drug-likeness (QED) is 0.781. The van der Waals surface area contributed by atoms with E-state index in [9.17, 15) is 0 Å². The molecule has 0 aliphatic carbocycles. The van der Waals surface area contributed by atoms with Crippen molar-refractivity contribution in [3.63, 3.8) is 0 Å². The summed E-state index contributed by atoms with van der Waals surface area (Å²) in [5, 5.41) is 0. The van der Waals surface area contributed by atoms with Crippen LogP contribution in [0.25, 0.3) is 0 Å². The monoisotopic (exact) mass is 219 g/mol. The minimum absolute atomic E-state index is 0.474. The van der Waals surface area contributed by atoms with Crippen LogP contribution in [-0.4, -0.2) is 28.0 Å². The van der Waals surface area contributed by atoms with Gasteiger partial charge in [0.15, 0.2) is 0 Å². The molecule has 88 valence electrons. The van der Waals surface area contributed by atoms with E-state index in [1.807, 2.05) is 6.20 Å². The molecule has 1 aliphatic rings. The Balaban J connectivity index is 2.23. The maximum atomic E-state index is 4.73. The second kappa shape index (κ2) is 4.91. The summed E-state index contributed by atoms with van der Waals surface area (Å²) >= 11 is 0. The van der Waals surface area contributed by atoms with Gasteiger partial charge >= 0.3 is 0 Å². The zero-order valence-electron chi connectivity index (χ0n) is 10.5. The topological polar surface area (TPSA) is 29.0 Å². The van der Waals surface area contributed by atoms with Gasteiger partial charge in [-0.05, 0) is 24.9 Å². The third-order valence-electron chi connectivity index (χ3n) is 3.54. The van der Waals surface area contributed by atoms with Crippen molar-refractivity contribution < 1.29 is 0 Å². The van der Waals surface area contributed by atoms with Gasteiger partial charge in [0.25, 0.3) is 0 Å². The standard InChI is InChI=1S/C13H21N3/c1-4-10(3)13-14-8-11-6-7-16(5-2)9-12(11)15-13/h8,10H,4-7,9H2,1-3H3. The average Bonchev–Trinajstić information content (AvgIpc) is 2.36. The number of rotatable bonds is 3. The maximum absolute atomic E-state index is 4.73. The molecule has 1 aliphatic heterocycles. The molecule has 0 N–H and O–H groups in total. The molecule has 1 atom stereocenters. The number of hydrogen-bond acceptors (Lipinski definition) is 3. The molecule has 1 aromatic rings. The molecular weight excluding hydrogens is 198 g/mol. The molecule has 1 aromatic heterocycles. The van der Waals surface area contributed by atoms with Crippen LogP contribution in [0.5, 0.6) is 0 Å². The Kier molecular flexibility index (Phi) is 3.54. The molecular formula is C13H21N3. The lowest BCUT2D eigenvalue weighted by atomic mass is 10.0. The van der Waals surface area contributed by atoms with Crippen molar-refractivity contribution in [2.24, 2.45) is 0 Å². The van der Waals surface area contributed by atoms with Gasteiger partial charge in [0, 0.05) is 25.2 Å². The lowest BCUT2D eigenvalue weighted by Gasteiger charge is -2.26. The van der Waals surface area contributed by atoms with Crippen LogP contribution in [0.3, 0.4) is 0 Å². The third-order valence-corrected chi connectivity index (χ3v) is 3.54. The summed E-state index contributed by atoms with van der Waals surface area (Å²) in [4.78, 5) is 11.7. The largest absolute Gasteiger partial charge is 0.297 e. The summed E-state index contributed by atoms with van der Waals surface area (Å²) in [5.74, 6) is 1.49. The average molecular weight is 219 g/mol. The number of fused-ring (bicyclic) bond motifs is 1. The molecule has 0 aromatic carbocycles. The Morgan fingerprint density at radius 2 is 2.25 bits per heavy atom. The lowest BCUT2D eigenvalue weighted by molar-refractivity contribution is 0.262. The first-order valence-electron chi connectivity index (χ1n) is 6.31. The predicted molar refractivity (Wildman–Crippen MR) is 65.4 cm³/mol.